The molecule has 1 N–H and O–H groups in total. The number of hydrogen-bond acceptors (Lipinski definition) is 5. The fraction of sp³-hybridized carbons (Fsp3) is 0.538. The van der Waals surface area contributed by atoms with E-state index in [1.807, 2.05) is 34.0 Å². The smallest absolute Gasteiger partial charge is 0.339 e. The van der Waals surface area contributed by atoms with Gasteiger partial charge < -0.3 is 15.0 Å². The molecule has 18 heavy (non-hydrogen) atoms. The van der Waals surface area contributed by atoms with Gasteiger partial charge in [0.15, 0.2) is 0 Å². The minimum atomic E-state index is -0.332. The third kappa shape index (κ3) is 3.20. The Bertz CT molecular complexity index is 409. The Morgan fingerprint density at radius 2 is 2.17 bits per heavy atom. The number of pyridine rings is 1. The van der Waals surface area contributed by atoms with Gasteiger partial charge in [-0.15, -0.1) is 0 Å². The number of ether oxygens (including phenoxy) is 1. The number of aromatic nitrogens is 1. The third-order valence-corrected chi connectivity index (χ3v) is 2.86. The zero-order valence-corrected chi connectivity index (χ0v) is 11.7. The highest BCUT2D eigenvalue weighted by atomic mass is 16.5. The van der Waals surface area contributed by atoms with Crippen LogP contribution in [-0.2, 0) is 4.74 Å². The van der Waals surface area contributed by atoms with Gasteiger partial charge in [-0.1, -0.05) is 0 Å². The van der Waals surface area contributed by atoms with Crippen LogP contribution in [0.5, 0.6) is 0 Å². The molecule has 0 amide bonds. The second-order valence-electron chi connectivity index (χ2n) is 4.27. The first kappa shape index (κ1) is 14.4. The number of aryl methyl sites for hydroxylation is 2. The van der Waals surface area contributed by atoms with Crippen LogP contribution in [0.15, 0.2) is 6.07 Å². The van der Waals surface area contributed by atoms with Gasteiger partial charge in [-0.3, -0.25) is 0 Å². The Labute approximate surface area is 108 Å². The van der Waals surface area contributed by atoms with Gasteiger partial charge in [0.05, 0.1) is 18.4 Å². The number of nitrogens with one attached hydrogen (secondary N) is 1. The van der Waals surface area contributed by atoms with E-state index in [-0.39, 0.29) is 5.97 Å². The lowest BCUT2D eigenvalue weighted by Crippen LogP contribution is -2.28. The number of likely N-dealkylation sites (N-methyl/N-ethyl adjacent to an activating group) is 2. The first-order chi connectivity index (χ1) is 8.51. The second-order valence-corrected chi connectivity index (χ2v) is 4.27. The maximum Gasteiger partial charge on any atom is 0.339 e. The number of carbonyl (C=O) groups excluding carboxylic acids is 1. The number of rotatable bonds is 5. The zero-order chi connectivity index (χ0) is 13.7. The van der Waals surface area contributed by atoms with E-state index in [2.05, 4.69) is 15.2 Å². The monoisotopic (exact) mass is 251 g/mol. The van der Waals surface area contributed by atoms with Crippen molar-refractivity contribution in [3.63, 3.8) is 0 Å². The molecule has 0 fully saturated rings. The maximum atomic E-state index is 11.6. The van der Waals surface area contributed by atoms with Gasteiger partial charge in [0.1, 0.15) is 5.82 Å². The van der Waals surface area contributed by atoms with Crippen LogP contribution in [0.1, 0.15) is 21.6 Å². The lowest BCUT2D eigenvalue weighted by molar-refractivity contribution is 0.0598. The summed E-state index contributed by atoms with van der Waals surface area (Å²) in [6, 6.07) is 1.91. The SMILES string of the molecule is CNCCN(C)c1cc(C)c(C(=O)OC)c(C)n1. The molecule has 100 valence electrons. The first-order valence-corrected chi connectivity index (χ1v) is 5.93. The molecular formula is C13H21N3O2. The normalized spacial score (nSPS) is 10.3. The molecule has 1 aromatic rings. The third-order valence-electron chi connectivity index (χ3n) is 2.86. The van der Waals surface area contributed by atoms with Crippen molar-refractivity contribution in [1.29, 1.82) is 0 Å². The average Bonchev–Trinajstić information content (AvgIpc) is 2.34. The summed E-state index contributed by atoms with van der Waals surface area (Å²) in [7, 11) is 5.28. The predicted molar refractivity (Wildman–Crippen MR) is 72.2 cm³/mol. The predicted octanol–water partition coefficient (Wildman–Crippen LogP) is 1.14. The Balaban J connectivity index is 3.02. The zero-order valence-electron chi connectivity index (χ0n) is 11.7. The molecule has 1 rings (SSSR count). The van der Waals surface area contributed by atoms with Crippen molar-refractivity contribution in [3.8, 4) is 0 Å². The molecule has 0 unspecified atom stereocenters. The fourth-order valence-corrected chi connectivity index (χ4v) is 1.81. The molecule has 0 saturated carbocycles. The standard InChI is InChI=1S/C13H21N3O2/c1-9-8-11(16(4)7-6-14-3)15-10(2)12(9)13(17)18-5/h8,14H,6-7H2,1-5H3. The summed E-state index contributed by atoms with van der Waals surface area (Å²) in [4.78, 5) is 18.1. The van der Waals surface area contributed by atoms with E-state index in [4.69, 9.17) is 4.74 Å². The van der Waals surface area contributed by atoms with Gasteiger partial charge in [0.2, 0.25) is 0 Å². The van der Waals surface area contributed by atoms with E-state index < -0.39 is 0 Å². The van der Waals surface area contributed by atoms with E-state index in [9.17, 15) is 4.79 Å². The Kier molecular flexibility index (Phi) is 5.09. The quantitative estimate of drug-likeness (QED) is 0.795. The lowest BCUT2D eigenvalue weighted by atomic mass is 10.1. The number of methoxy groups -OCH3 is 1. The van der Waals surface area contributed by atoms with Crippen LogP contribution in [-0.4, -0.2) is 45.2 Å². The highest BCUT2D eigenvalue weighted by molar-refractivity contribution is 5.92. The summed E-state index contributed by atoms with van der Waals surface area (Å²) in [6.45, 7) is 5.47. The number of hydrogen-bond donors (Lipinski definition) is 1. The van der Waals surface area contributed by atoms with Crippen LogP contribution >= 0.6 is 0 Å². The highest BCUT2D eigenvalue weighted by Gasteiger charge is 2.16. The van der Waals surface area contributed by atoms with Gasteiger partial charge in [0, 0.05) is 20.1 Å². The van der Waals surface area contributed by atoms with Crippen LogP contribution in [0.3, 0.4) is 0 Å². The molecule has 0 aliphatic heterocycles. The molecule has 0 radical (unpaired) electrons. The molecule has 1 aromatic heterocycles. The summed E-state index contributed by atoms with van der Waals surface area (Å²) in [5, 5.41) is 3.09. The van der Waals surface area contributed by atoms with Crippen LogP contribution in [0.2, 0.25) is 0 Å². The lowest BCUT2D eigenvalue weighted by Gasteiger charge is -2.20. The van der Waals surface area contributed by atoms with Crippen molar-refractivity contribution in [1.82, 2.24) is 10.3 Å². The van der Waals surface area contributed by atoms with Crippen LogP contribution in [0, 0.1) is 13.8 Å². The van der Waals surface area contributed by atoms with Crippen molar-refractivity contribution >= 4 is 11.8 Å². The molecule has 0 aromatic carbocycles. The summed E-state index contributed by atoms with van der Waals surface area (Å²) in [6.07, 6.45) is 0. The van der Waals surface area contributed by atoms with Crippen LogP contribution in [0.4, 0.5) is 5.82 Å². The van der Waals surface area contributed by atoms with E-state index >= 15 is 0 Å². The molecule has 0 aliphatic rings. The van der Waals surface area contributed by atoms with E-state index in [1.165, 1.54) is 7.11 Å². The van der Waals surface area contributed by atoms with Gasteiger partial charge in [0.25, 0.3) is 0 Å². The van der Waals surface area contributed by atoms with Crippen molar-refractivity contribution in [3.05, 3.63) is 22.9 Å². The highest BCUT2D eigenvalue weighted by Crippen LogP contribution is 2.19. The minimum absolute atomic E-state index is 0.332. The molecule has 0 spiro atoms. The van der Waals surface area contributed by atoms with E-state index in [0.29, 0.717) is 11.3 Å². The van der Waals surface area contributed by atoms with E-state index in [0.717, 1.165) is 24.5 Å². The van der Waals surface area contributed by atoms with E-state index in [1.54, 1.807) is 0 Å². The Morgan fingerprint density at radius 1 is 1.50 bits per heavy atom. The molecule has 0 saturated heterocycles. The molecule has 1 heterocycles. The largest absolute Gasteiger partial charge is 0.465 e. The molecule has 0 atom stereocenters. The van der Waals surface area contributed by atoms with Gasteiger partial charge >= 0.3 is 5.97 Å². The number of esters is 1. The Morgan fingerprint density at radius 3 is 2.67 bits per heavy atom. The summed E-state index contributed by atoms with van der Waals surface area (Å²) in [5.41, 5.74) is 2.15. The van der Waals surface area contributed by atoms with Crippen molar-refractivity contribution < 1.29 is 9.53 Å². The topological polar surface area (TPSA) is 54.5 Å². The average molecular weight is 251 g/mol. The van der Waals surface area contributed by atoms with Gasteiger partial charge in [-0.05, 0) is 32.5 Å². The molecule has 0 aliphatic carbocycles. The summed E-state index contributed by atoms with van der Waals surface area (Å²) in [5.74, 6) is 0.537. The fourth-order valence-electron chi connectivity index (χ4n) is 1.81. The molecular weight excluding hydrogens is 230 g/mol. The number of carbonyl (C=O) groups is 1. The summed E-state index contributed by atoms with van der Waals surface area (Å²) >= 11 is 0. The Hall–Kier alpha value is -1.62. The molecule has 5 heteroatoms. The summed E-state index contributed by atoms with van der Waals surface area (Å²) < 4.78 is 4.76. The number of nitrogens with zero attached hydrogens (tertiary/aromatic N) is 2. The van der Waals surface area contributed by atoms with Gasteiger partial charge in [-0.25, -0.2) is 9.78 Å². The molecule has 5 nitrogen and oxygen atoms in total. The first-order valence-electron chi connectivity index (χ1n) is 5.93. The van der Waals surface area contributed by atoms with Crippen LogP contribution in [0.25, 0.3) is 0 Å². The van der Waals surface area contributed by atoms with Crippen LogP contribution < -0.4 is 10.2 Å². The van der Waals surface area contributed by atoms with Gasteiger partial charge in [-0.2, -0.15) is 0 Å². The number of anilines is 1. The minimum Gasteiger partial charge on any atom is -0.465 e. The van der Waals surface area contributed by atoms with Crippen molar-refractivity contribution in [2.24, 2.45) is 0 Å². The maximum absolute atomic E-state index is 11.6. The second kappa shape index (κ2) is 6.35. The molecule has 0 bridgehead atoms. The van der Waals surface area contributed by atoms with Crippen molar-refractivity contribution in [2.75, 3.05) is 39.2 Å². The van der Waals surface area contributed by atoms with Crippen molar-refractivity contribution in [2.45, 2.75) is 13.8 Å².